The van der Waals surface area contributed by atoms with Crippen LogP contribution in [0.3, 0.4) is 0 Å². The second-order valence-corrected chi connectivity index (χ2v) is 9.88. The Hall–Kier alpha value is -3.84. The molecule has 1 atom stereocenters. The Morgan fingerprint density at radius 1 is 1.22 bits per heavy atom. The third-order valence-electron chi connectivity index (χ3n) is 7.01. The highest BCUT2D eigenvalue weighted by molar-refractivity contribution is 5.96. The van der Waals surface area contributed by atoms with Gasteiger partial charge in [0, 0.05) is 31.7 Å². The lowest BCUT2D eigenvalue weighted by atomic mass is 10.1. The van der Waals surface area contributed by atoms with Crippen molar-refractivity contribution < 1.29 is 9.53 Å². The number of carbonyl (C=O) groups excluding carboxylic acids is 1. The first-order valence-corrected chi connectivity index (χ1v) is 12.7. The van der Waals surface area contributed by atoms with Gasteiger partial charge in [0.25, 0.3) is 5.56 Å². The summed E-state index contributed by atoms with van der Waals surface area (Å²) in [5, 5.41) is 0. The van der Waals surface area contributed by atoms with Crippen LogP contribution in [0.4, 0.5) is 5.95 Å². The summed E-state index contributed by atoms with van der Waals surface area (Å²) < 4.78 is 9.83. The Morgan fingerprint density at radius 2 is 2.03 bits per heavy atom. The molecule has 3 heterocycles. The van der Waals surface area contributed by atoms with E-state index < -0.39 is 11.2 Å². The van der Waals surface area contributed by atoms with E-state index >= 15 is 0 Å². The van der Waals surface area contributed by atoms with Crippen molar-refractivity contribution in [1.82, 2.24) is 18.7 Å². The van der Waals surface area contributed by atoms with Crippen LogP contribution in [0.5, 0.6) is 5.75 Å². The molecule has 1 saturated carbocycles. The smallest absolute Gasteiger partial charge is 0.332 e. The van der Waals surface area contributed by atoms with Crippen molar-refractivity contribution in [3.05, 3.63) is 50.7 Å². The van der Waals surface area contributed by atoms with Crippen LogP contribution in [0.1, 0.15) is 43.0 Å². The van der Waals surface area contributed by atoms with E-state index in [1.807, 2.05) is 4.90 Å². The number of piperidine rings is 1. The maximum absolute atomic E-state index is 13.7. The van der Waals surface area contributed by atoms with E-state index in [0.29, 0.717) is 36.3 Å². The summed E-state index contributed by atoms with van der Waals surface area (Å²) in [6.07, 6.45) is 4.16. The summed E-state index contributed by atoms with van der Waals surface area (Å²) in [6.45, 7) is 3.55. The first-order chi connectivity index (χ1) is 17.9. The predicted molar refractivity (Wildman–Crippen MR) is 141 cm³/mol. The molecule has 5 rings (SSSR count). The van der Waals surface area contributed by atoms with Gasteiger partial charge in [0.05, 0.1) is 19.7 Å². The van der Waals surface area contributed by atoms with Gasteiger partial charge in [-0.15, -0.1) is 5.92 Å². The monoisotopic (exact) mass is 504 g/mol. The van der Waals surface area contributed by atoms with Gasteiger partial charge in [0.15, 0.2) is 16.9 Å². The van der Waals surface area contributed by atoms with Crippen LogP contribution in [0.2, 0.25) is 0 Å². The normalized spacial score (nSPS) is 17.5. The number of hydrogen-bond donors (Lipinski definition) is 1. The Morgan fingerprint density at radius 3 is 2.76 bits per heavy atom. The van der Waals surface area contributed by atoms with E-state index in [-0.39, 0.29) is 36.1 Å². The van der Waals surface area contributed by atoms with Crippen LogP contribution < -0.4 is 26.6 Å². The van der Waals surface area contributed by atoms with Gasteiger partial charge < -0.3 is 15.4 Å². The number of nitrogens with zero attached hydrogens (tertiary/aromatic N) is 5. The van der Waals surface area contributed by atoms with Crippen LogP contribution in [-0.2, 0) is 20.1 Å². The summed E-state index contributed by atoms with van der Waals surface area (Å²) in [7, 11) is 1.56. The van der Waals surface area contributed by atoms with Crippen LogP contribution in [0.25, 0.3) is 11.2 Å². The number of rotatable bonds is 8. The molecule has 2 aliphatic rings. The molecule has 3 aromatic rings. The number of ether oxygens (including phenoxy) is 1. The molecule has 2 fully saturated rings. The standard InChI is InChI=1S/C27H32N6O4/c1-3-4-13-32-23-24(29-26(32)31-12-6-8-20(28)15-31)30(2)27(36)33(25(23)35)16-22(34)19-7-5-9-21(14-19)37-17-18-10-11-18/h5,7,9,14,18,20H,6,8,10-13,15-17,28H2,1-2H3. The number of fused-ring (bicyclic) bond motifs is 1. The molecule has 194 valence electrons. The number of nitrogens with two attached hydrogens (primary N) is 1. The van der Waals surface area contributed by atoms with Gasteiger partial charge in [0.2, 0.25) is 5.95 Å². The molecular weight excluding hydrogens is 472 g/mol. The van der Waals surface area contributed by atoms with Crippen LogP contribution in [-0.4, -0.2) is 50.2 Å². The van der Waals surface area contributed by atoms with E-state index in [2.05, 4.69) is 16.8 Å². The molecule has 10 heteroatoms. The third kappa shape index (κ3) is 5.04. The number of aromatic nitrogens is 4. The van der Waals surface area contributed by atoms with Gasteiger partial charge in [-0.25, -0.2) is 4.79 Å². The Labute approximate surface area is 214 Å². The summed E-state index contributed by atoms with van der Waals surface area (Å²) in [5.41, 5.74) is 5.93. The van der Waals surface area contributed by atoms with E-state index in [1.54, 1.807) is 42.8 Å². The zero-order valence-electron chi connectivity index (χ0n) is 21.3. The van der Waals surface area contributed by atoms with E-state index in [9.17, 15) is 14.4 Å². The largest absolute Gasteiger partial charge is 0.493 e. The topological polar surface area (TPSA) is 117 Å². The predicted octanol–water partition coefficient (Wildman–Crippen LogP) is 1.52. The molecule has 10 nitrogen and oxygen atoms in total. The lowest BCUT2D eigenvalue weighted by Crippen LogP contribution is -2.44. The maximum atomic E-state index is 13.7. The molecule has 0 amide bonds. The van der Waals surface area contributed by atoms with Gasteiger partial charge >= 0.3 is 5.69 Å². The molecule has 1 aliphatic heterocycles. The molecule has 2 N–H and O–H groups in total. The second-order valence-electron chi connectivity index (χ2n) is 9.88. The SMILES string of the molecule is CC#CCn1c(N2CCCC(N)C2)nc2c1c(=O)n(CC(=O)c1cccc(OCC3CC3)c1)c(=O)n2C. The number of imidazole rings is 1. The van der Waals surface area contributed by atoms with E-state index in [1.165, 1.54) is 17.4 Å². The van der Waals surface area contributed by atoms with Gasteiger partial charge in [-0.3, -0.25) is 23.3 Å². The summed E-state index contributed by atoms with van der Waals surface area (Å²) in [6, 6.07) is 6.88. The van der Waals surface area contributed by atoms with Crippen molar-refractivity contribution in [2.75, 3.05) is 24.6 Å². The number of aryl methyl sites for hydroxylation is 1. The highest BCUT2D eigenvalue weighted by Gasteiger charge is 2.27. The molecule has 1 saturated heterocycles. The molecule has 1 aromatic carbocycles. The zero-order chi connectivity index (χ0) is 26.1. The Bertz CT molecular complexity index is 1520. The van der Waals surface area contributed by atoms with Crippen LogP contribution in [0.15, 0.2) is 33.9 Å². The van der Waals surface area contributed by atoms with Crippen molar-refractivity contribution in [3.63, 3.8) is 0 Å². The van der Waals surface area contributed by atoms with Crippen molar-refractivity contribution in [1.29, 1.82) is 0 Å². The fraction of sp³-hybridized carbons (Fsp3) is 0.481. The van der Waals surface area contributed by atoms with Crippen LogP contribution in [0, 0.1) is 17.8 Å². The molecule has 2 aromatic heterocycles. The van der Waals surface area contributed by atoms with Crippen molar-refractivity contribution >= 4 is 22.9 Å². The molecule has 0 spiro atoms. The average Bonchev–Trinajstić information content (AvgIpc) is 3.65. The van der Waals surface area contributed by atoms with Crippen molar-refractivity contribution in [3.8, 4) is 17.6 Å². The molecule has 1 unspecified atom stereocenters. The lowest BCUT2D eigenvalue weighted by molar-refractivity contribution is 0.0968. The fourth-order valence-corrected chi connectivity index (χ4v) is 4.73. The van der Waals surface area contributed by atoms with Crippen molar-refractivity contribution in [2.24, 2.45) is 18.7 Å². The molecule has 37 heavy (non-hydrogen) atoms. The van der Waals surface area contributed by atoms with E-state index in [4.69, 9.17) is 10.5 Å². The lowest BCUT2D eigenvalue weighted by Gasteiger charge is -2.31. The quantitative estimate of drug-likeness (QED) is 0.365. The molecule has 1 aliphatic carbocycles. The second kappa shape index (κ2) is 10.3. The molecule has 0 radical (unpaired) electrons. The zero-order valence-corrected chi connectivity index (χ0v) is 21.3. The van der Waals surface area contributed by atoms with Gasteiger partial charge in [0.1, 0.15) is 5.75 Å². The molecule has 0 bridgehead atoms. The Kier molecular flexibility index (Phi) is 6.89. The number of anilines is 1. The summed E-state index contributed by atoms with van der Waals surface area (Å²) in [5.74, 6) is 7.27. The Balaban J connectivity index is 1.53. The van der Waals surface area contributed by atoms with Crippen molar-refractivity contribution in [2.45, 2.75) is 51.7 Å². The van der Waals surface area contributed by atoms with Gasteiger partial charge in [-0.2, -0.15) is 4.98 Å². The van der Waals surface area contributed by atoms with Gasteiger partial charge in [-0.05, 0) is 50.7 Å². The number of benzene rings is 1. The highest BCUT2D eigenvalue weighted by atomic mass is 16.5. The number of ketones is 1. The minimum atomic E-state index is -0.597. The number of carbonyl (C=O) groups is 1. The number of hydrogen-bond acceptors (Lipinski definition) is 7. The number of Topliss-reactive ketones (excluding diaryl/α,β-unsaturated/α-hetero) is 1. The molecular formula is C27H32N6O4. The third-order valence-corrected chi connectivity index (χ3v) is 7.01. The van der Waals surface area contributed by atoms with Gasteiger partial charge in [-0.1, -0.05) is 18.1 Å². The summed E-state index contributed by atoms with van der Waals surface area (Å²) >= 11 is 0. The minimum Gasteiger partial charge on any atom is -0.493 e. The minimum absolute atomic E-state index is 0.00129. The fourth-order valence-electron chi connectivity index (χ4n) is 4.73. The highest BCUT2D eigenvalue weighted by Crippen LogP contribution is 2.29. The first-order valence-electron chi connectivity index (χ1n) is 12.7. The average molecular weight is 505 g/mol. The maximum Gasteiger partial charge on any atom is 0.332 e. The van der Waals surface area contributed by atoms with E-state index in [0.717, 1.165) is 24.0 Å². The van der Waals surface area contributed by atoms with Crippen LogP contribution >= 0.6 is 0 Å². The summed E-state index contributed by atoms with van der Waals surface area (Å²) in [4.78, 5) is 46.8. The first kappa shape index (κ1) is 24.8.